The Morgan fingerprint density at radius 3 is 2.59 bits per heavy atom. The molecule has 0 aliphatic heterocycles. The number of rotatable bonds is 9. The second-order valence-corrected chi connectivity index (χ2v) is 9.48. The first-order valence-corrected chi connectivity index (χ1v) is 11.9. The Morgan fingerprint density at radius 1 is 1.26 bits per heavy atom. The summed E-state index contributed by atoms with van der Waals surface area (Å²) in [5, 5.41) is 4.33. The minimum Gasteiger partial charge on any atom is -0.382 e. The van der Waals surface area contributed by atoms with E-state index in [4.69, 9.17) is 16.0 Å². The van der Waals surface area contributed by atoms with Crippen LogP contribution in [-0.2, 0) is 11.3 Å². The van der Waals surface area contributed by atoms with E-state index in [2.05, 4.69) is 15.0 Å². The van der Waals surface area contributed by atoms with Crippen molar-refractivity contribution in [3.8, 4) is 0 Å². The summed E-state index contributed by atoms with van der Waals surface area (Å²) in [6.45, 7) is 2.17. The number of anilines is 3. The predicted octanol–water partition coefficient (Wildman–Crippen LogP) is 3.47. The lowest BCUT2D eigenvalue weighted by Gasteiger charge is -2.26. The maximum absolute atomic E-state index is 13.4. The van der Waals surface area contributed by atoms with Gasteiger partial charge in [-0.2, -0.15) is 0 Å². The van der Waals surface area contributed by atoms with E-state index in [1.54, 1.807) is 13.0 Å². The molecule has 1 saturated carbocycles. The average molecular weight is 487 g/mol. The van der Waals surface area contributed by atoms with E-state index < -0.39 is 23.5 Å². The van der Waals surface area contributed by atoms with Crippen LogP contribution in [0.5, 0.6) is 0 Å². The van der Waals surface area contributed by atoms with Crippen LogP contribution in [0.15, 0.2) is 34.9 Å². The average Bonchev–Trinajstić information content (AvgIpc) is 3.56. The molecule has 4 N–H and O–H groups in total. The molecule has 1 aromatic carbocycles. The summed E-state index contributed by atoms with van der Waals surface area (Å²) in [5.41, 5.74) is 12.7. The van der Waals surface area contributed by atoms with Crippen LogP contribution < -0.4 is 16.4 Å². The van der Waals surface area contributed by atoms with Gasteiger partial charge in [0.1, 0.15) is 22.6 Å². The van der Waals surface area contributed by atoms with Crippen LogP contribution in [0.3, 0.4) is 0 Å². The first kappa shape index (κ1) is 23.8. The van der Waals surface area contributed by atoms with E-state index in [-0.39, 0.29) is 21.6 Å². The number of aromatic nitrogens is 2. The van der Waals surface area contributed by atoms with Gasteiger partial charge in [0.15, 0.2) is 5.13 Å². The highest BCUT2D eigenvalue weighted by molar-refractivity contribution is 7.18. The third kappa shape index (κ3) is 4.95. The highest BCUT2D eigenvalue weighted by Gasteiger charge is 2.29. The summed E-state index contributed by atoms with van der Waals surface area (Å²) in [6.07, 6.45) is 4.78. The van der Waals surface area contributed by atoms with Crippen LogP contribution in [0.2, 0.25) is 0 Å². The Labute approximate surface area is 200 Å². The van der Waals surface area contributed by atoms with Crippen molar-refractivity contribution >= 4 is 39.7 Å². The molecule has 0 bridgehead atoms. The largest absolute Gasteiger partial charge is 0.382 e. The van der Waals surface area contributed by atoms with E-state index >= 15 is 0 Å². The van der Waals surface area contributed by atoms with E-state index in [0.717, 1.165) is 24.2 Å². The Balaban J connectivity index is 1.57. The molecular formula is C23H27FN6O3S. The number of amides is 1. The Hall–Kier alpha value is -3.31. The van der Waals surface area contributed by atoms with E-state index in [1.165, 1.54) is 42.0 Å². The first-order valence-electron chi connectivity index (χ1n) is 11.1. The molecule has 3 aromatic rings. The van der Waals surface area contributed by atoms with Crippen molar-refractivity contribution in [3.63, 3.8) is 0 Å². The van der Waals surface area contributed by atoms with Crippen LogP contribution in [-0.4, -0.2) is 45.9 Å². The van der Waals surface area contributed by atoms with Crippen LogP contribution in [0.4, 0.5) is 21.0 Å². The summed E-state index contributed by atoms with van der Waals surface area (Å²) < 4.78 is 18.8. The lowest BCUT2D eigenvalue weighted by molar-refractivity contribution is -0.118. The fourth-order valence-electron chi connectivity index (χ4n) is 4.15. The SMILES string of the molecule is CC(C(N)=O)N(c1ccc(F)cc1)c1nc(N)c(C(=O)c2cc(CN(C)C3CCCC3)no2)s1. The van der Waals surface area contributed by atoms with Gasteiger partial charge >= 0.3 is 0 Å². The minimum absolute atomic E-state index is 0.00481. The molecule has 1 fully saturated rings. The van der Waals surface area contributed by atoms with Gasteiger partial charge < -0.3 is 20.9 Å². The number of hydrogen-bond donors (Lipinski definition) is 2. The predicted molar refractivity (Wildman–Crippen MR) is 127 cm³/mol. The smallest absolute Gasteiger partial charge is 0.244 e. The molecule has 1 amide bonds. The second-order valence-electron chi connectivity index (χ2n) is 8.50. The van der Waals surface area contributed by atoms with E-state index in [9.17, 15) is 14.0 Å². The van der Waals surface area contributed by atoms with Crippen molar-refractivity contribution in [2.45, 2.75) is 51.2 Å². The molecule has 2 heterocycles. The molecule has 180 valence electrons. The van der Waals surface area contributed by atoms with Gasteiger partial charge in [0.05, 0.1) is 5.69 Å². The monoisotopic (exact) mass is 486 g/mol. The lowest BCUT2D eigenvalue weighted by atomic mass is 10.2. The zero-order chi connectivity index (χ0) is 24.4. The van der Waals surface area contributed by atoms with Gasteiger partial charge in [0, 0.05) is 24.3 Å². The number of carbonyl (C=O) groups is 2. The number of hydrogen-bond acceptors (Lipinski definition) is 9. The van der Waals surface area contributed by atoms with Gasteiger partial charge in [-0.25, -0.2) is 9.37 Å². The van der Waals surface area contributed by atoms with Crippen molar-refractivity contribution in [1.29, 1.82) is 0 Å². The van der Waals surface area contributed by atoms with Crippen molar-refractivity contribution in [2.75, 3.05) is 17.7 Å². The highest BCUT2D eigenvalue weighted by atomic mass is 32.1. The number of nitrogen functional groups attached to an aromatic ring is 1. The van der Waals surface area contributed by atoms with Gasteiger partial charge in [-0.15, -0.1) is 0 Å². The molecule has 1 aliphatic carbocycles. The van der Waals surface area contributed by atoms with Crippen molar-refractivity contribution in [2.24, 2.45) is 5.73 Å². The number of thiazole rings is 1. The van der Waals surface area contributed by atoms with E-state index in [1.807, 2.05) is 7.05 Å². The molecular weight excluding hydrogens is 459 g/mol. The molecule has 1 aliphatic rings. The fourth-order valence-corrected chi connectivity index (χ4v) is 5.18. The third-order valence-corrected chi connectivity index (χ3v) is 7.17. The summed E-state index contributed by atoms with van der Waals surface area (Å²) in [6, 6.07) is 6.84. The molecule has 0 spiro atoms. The number of nitrogens with two attached hydrogens (primary N) is 2. The van der Waals surface area contributed by atoms with Gasteiger partial charge in [-0.3, -0.25) is 14.5 Å². The Morgan fingerprint density at radius 2 is 1.94 bits per heavy atom. The summed E-state index contributed by atoms with van der Waals surface area (Å²) in [7, 11) is 2.05. The fraction of sp³-hybridized carbons (Fsp3) is 0.391. The second kappa shape index (κ2) is 9.90. The minimum atomic E-state index is -0.818. The van der Waals surface area contributed by atoms with E-state index in [0.29, 0.717) is 24.0 Å². The van der Waals surface area contributed by atoms with Gasteiger partial charge in [0.25, 0.3) is 0 Å². The molecule has 11 heteroatoms. The highest BCUT2D eigenvalue weighted by Crippen LogP contribution is 2.36. The zero-order valence-corrected chi connectivity index (χ0v) is 19.8. The van der Waals surface area contributed by atoms with Gasteiger partial charge in [-0.05, 0) is 51.1 Å². The van der Waals surface area contributed by atoms with Gasteiger partial charge in [-0.1, -0.05) is 29.3 Å². The third-order valence-electron chi connectivity index (χ3n) is 6.10. The Bertz CT molecular complexity index is 1170. The number of ketones is 1. The lowest BCUT2D eigenvalue weighted by Crippen LogP contribution is -2.39. The topological polar surface area (TPSA) is 132 Å². The molecule has 9 nitrogen and oxygen atoms in total. The number of carbonyl (C=O) groups excluding carboxylic acids is 2. The molecule has 1 unspecified atom stereocenters. The quantitative estimate of drug-likeness (QED) is 0.440. The molecule has 0 saturated heterocycles. The number of halogens is 1. The van der Waals surface area contributed by atoms with Crippen LogP contribution in [0, 0.1) is 5.82 Å². The number of nitrogens with zero attached hydrogens (tertiary/aromatic N) is 4. The maximum atomic E-state index is 13.4. The summed E-state index contributed by atoms with van der Waals surface area (Å²) in [5.74, 6) is -1.43. The Kier molecular flexibility index (Phi) is 6.94. The van der Waals surface area contributed by atoms with Crippen LogP contribution in [0.25, 0.3) is 0 Å². The van der Waals surface area contributed by atoms with Crippen molar-refractivity contribution in [1.82, 2.24) is 15.0 Å². The molecule has 2 aromatic heterocycles. The summed E-state index contributed by atoms with van der Waals surface area (Å²) >= 11 is 0.999. The molecule has 34 heavy (non-hydrogen) atoms. The molecule has 4 rings (SSSR count). The molecule has 0 radical (unpaired) electrons. The van der Waals surface area contributed by atoms with Crippen molar-refractivity contribution < 1.29 is 18.5 Å². The normalized spacial score (nSPS) is 15.1. The van der Waals surface area contributed by atoms with Gasteiger partial charge in [0.2, 0.25) is 17.5 Å². The first-order chi connectivity index (χ1) is 16.2. The maximum Gasteiger partial charge on any atom is 0.244 e. The summed E-state index contributed by atoms with van der Waals surface area (Å²) in [4.78, 5) is 33.3. The molecule has 1 atom stereocenters. The van der Waals surface area contributed by atoms with Crippen LogP contribution in [0.1, 0.15) is 53.7 Å². The number of primary amides is 1. The van der Waals surface area contributed by atoms with Crippen molar-refractivity contribution in [3.05, 3.63) is 52.5 Å². The zero-order valence-electron chi connectivity index (χ0n) is 19.0. The number of benzene rings is 1. The standard InChI is InChI=1S/C23H27FN6O3S/c1-13(22(26)32)30(17-9-7-14(24)8-10-17)23-27-21(25)20(34-23)19(31)18-11-15(28-33-18)12-29(2)16-5-3-4-6-16/h7-11,13,16H,3-6,12,25H2,1-2H3,(H2,26,32). The van der Waals surface area contributed by atoms with Crippen LogP contribution >= 0.6 is 11.3 Å².